The van der Waals surface area contributed by atoms with E-state index in [2.05, 4.69) is 5.32 Å². The maximum Gasteiger partial charge on any atom is 0.294 e. The number of aliphatic hydroxyl groups excluding tert-OH is 1. The van der Waals surface area contributed by atoms with Gasteiger partial charge in [0.25, 0.3) is 11.1 Å². The molecule has 0 aliphatic carbocycles. The van der Waals surface area contributed by atoms with Crippen molar-refractivity contribution in [2.45, 2.75) is 12.1 Å². The molecule has 2 aliphatic rings. The van der Waals surface area contributed by atoms with E-state index in [0.29, 0.717) is 22.1 Å². The molecule has 2 fully saturated rings. The van der Waals surface area contributed by atoms with Gasteiger partial charge in [0.2, 0.25) is 5.91 Å². The van der Waals surface area contributed by atoms with Gasteiger partial charge in [-0.25, -0.2) is 0 Å². The van der Waals surface area contributed by atoms with Crippen molar-refractivity contribution in [2.24, 2.45) is 0 Å². The van der Waals surface area contributed by atoms with Crippen molar-refractivity contribution >= 4 is 58.3 Å². The molecular weight excluding hydrogens is 384 g/mol. The molecule has 2 heterocycles. The summed E-state index contributed by atoms with van der Waals surface area (Å²) in [4.78, 5) is 37.7. The molecule has 2 atom stereocenters. The first-order valence-electron chi connectivity index (χ1n) is 7.51. The lowest BCUT2D eigenvalue weighted by Gasteiger charge is -2.18. The number of carbonyl (C=O) groups is 3. The zero-order chi connectivity index (χ0) is 18.0. The number of benzene rings is 1. The molecule has 0 saturated carbocycles. The van der Waals surface area contributed by atoms with Crippen LogP contribution in [0.1, 0.15) is 5.56 Å². The molecule has 0 aromatic heterocycles. The van der Waals surface area contributed by atoms with Gasteiger partial charge in [-0.3, -0.25) is 19.3 Å². The van der Waals surface area contributed by atoms with Gasteiger partial charge in [0.15, 0.2) is 0 Å². The lowest BCUT2D eigenvalue weighted by atomic mass is 10.2. The summed E-state index contributed by atoms with van der Waals surface area (Å²) >= 11 is 8.38. The molecule has 25 heavy (non-hydrogen) atoms. The first kappa shape index (κ1) is 18.3. The van der Waals surface area contributed by atoms with Crippen LogP contribution in [0.3, 0.4) is 0 Å². The Morgan fingerprint density at radius 3 is 2.80 bits per heavy atom. The summed E-state index contributed by atoms with van der Waals surface area (Å²) in [5.74, 6) is 0.188. The number of rotatable bonds is 4. The monoisotopic (exact) mass is 398 g/mol. The molecule has 2 saturated heterocycles. The molecule has 3 rings (SSSR count). The van der Waals surface area contributed by atoms with Crippen molar-refractivity contribution in [1.29, 1.82) is 0 Å². The minimum Gasteiger partial charge on any atom is -0.390 e. The summed E-state index contributed by atoms with van der Waals surface area (Å²) < 4.78 is 0. The second-order valence-corrected chi connectivity index (χ2v) is 8.04. The van der Waals surface area contributed by atoms with Gasteiger partial charge in [-0.15, -0.1) is 0 Å². The van der Waals surface area contributed by atoms with E-state index in [4.69, 9.17) is 11.6 Å². The minimum atomic E-state index is -0.607. The number of nitrogens with zero attached hydrogens (tertiary/aromatic N) is 1. The second kappa shape index (κ2) is 7.82. The highest BCUT2D eigenvalue weighted by Gasteiger charge is 2.37. The Hall–Kier alpha value is -1.48. The molecule has 3 amide bonds. The number of halogens is 1. The number of carbonyl (C=O) groups excluding carboxylic acids is 3. The van der Waals surface area contributed by atoms with E-state index in [1.165, 1.54) is 0 Å². The Morgan fingerprint density at radius 1 is 1.36 bits per heavy atom. The average Bonchev–Trinajstić information content (AvgIpc) is 3.08. The zero-order valence-corrected chi connectivity index (χ0v) is 15.4. The topological polar surface area (TPSA) is 86.7 Å². The highest BCUT2D eigenvalue weighted by Crippen LogP contribution is 2.33. The van der Waals surface area contributed by atoms with Crippen molar-refractivity contribution < 1.29 is 19.5 Å². The number of hydrogen-bond acceptors (Lipinski definition) is 6. The lowest BCUT2D eigenvalue weighted by molar-refractivity contribution is -0.129. The van der Waals surface area contributed by atoms with Gasteiger partial charge >= 0.3 is 0 Å². The molecule has 2 N–H and O–H groups in total. The third-order valence-electron chi connectivity index (χ3n) is 3.76. The van der Waals surface area contributed by atoms with Crippen LogP contribution in [0, 0.1) is 0 Å². The Kier molecular flexibility index (Phi) is 5.73. The van der Waals surface area contributed by atoms with Gasteiger partial charge in [-0.2, -0.15) is 11.8 Å². The van der Waals surface area contributed by atoms with Gasteiger partial charge in [0.05, 0.1) is 17.1 Å². The quantitative estimate of drug-likeness (QED) is 0.754. The van der Waals surface area contributed by atoms with Crippen LogP contribution < -0.4 is 5.32 Å². The molecule has 132 valence electrons. The van der Waals surface area contributed by atoms with E-state index in [1.54, 1.807) is 42.1 Å². The molecule has 0 radical (unpaired) electrons. The molecule has 0 spiro atoms. The predicted octanol–water partition coefficient (Wildman–Crippen LogP) is 1.97. The molecule has 6 nitrogen and oxygen atoms in total. The van der Waals surface area contributed by atoms with Crippen LogP contribution in [0.2, 0.25) is 5.02 Å². The summed E-state index contributed by atoms with van der Waals surface area (Å²) in [5.41, 5.74) is 0.630. The van der Waals surface area contributed by atoms with Crippen molar-refractivity contribution in [2.75, 3.05) is 18.1 Å². The van der Waals surface area contributed by atoms with E-state index in [0.717, 1.165) is 16.7 Å². The van der Waals surface area contributed by atoms with E-state index < -0.39 is 23.2 Å². The molecule has 9 heteroatoms. The molecule has 0 bridgehead atoms. The van der Waals surface area contributed by atoms with Gasteiger partial charge in [0.1, 0.15) is 6.54 Å². The number of nitrogens with one attached hydrogen (secondary N) is 1. The van der Waals surface area contributed by atoms with E-state index >= 15 is 0 Å². The van der Waals surface area contributed by atoms with Crippen LogP contribution in [-0.2, 0) is 9.59 Å². The number of thioether (sulfide) groups is 2. The minimum absolute atomic E-state index is 0.224. The maximum absolute atomic E-state index is 12.4. The van der Waals surface area contributed by atoms with Crippen LogP contribution in [0.5, 0.6) is 0 Å². The zero-order valence-electron chi connectivity index (χ0n) is 13.0. The highest BCUT2D eigenvalue weighted by molar-refractivity contribution is 8.18. The summed E-state index contributed by atoms with van der Waals surface area (Å²) in [7, 11) is 0. The lowest BCUT2D eigenvalue weighted by Crippen LogP contribution is -2.47. The SMILES string of the molecule is O=C(CN1C(=O)S/C(=C/c2ccccc2Cl)C1=O)N[C@@H]1CSC[C@@H]1O. The number of hydrogen-bond donors (Lipinski definition) is 2. The maximum atomic E-state index is 12.4. The van der Waals surface area contributed by atoms with Crippen LogP contribution in [0.15, 0.2) is 29.2 Å². The summed E-state index contributed by atoms with van der Waals surface area (Å²) in [6.45, 7) is -0.363. The Morgan fingerprint density at radius 2 is 2.12 bits per heavy atom. The van der Waals surface area contributed by atoms with Crippen molar-refractivity contribution in [1.82, 2.24) is 10.2 Å². The van der Waals surface area contributed by atoms with Crippen molar-refractivity contribution in [3.8, 4) is 0 Å². The normalized spacial score (nSPS) is 25.0. The molecule has 0 unspecified atom stereocenters. The van der Waals surface area contributed by atoms with Crippen LogP contribution in [-0.4, -0.2) is 57.3 Å². The van der Waals surface area contributed by atoms with Gasteiger partial charge in [-0.05, 0) is 29.5 Å². The second-order valence-electron chi connectivity index (χ2n) is 5.57. The van der Waals surface area contributed by atoms with Crippen molar-refractivity contribution in [3.63, 3.8) is 0 Å². The van der Waals surface area contributed by atoms with Crippen LogP contribution in [0.4, 0.5) is 4.79 Å². The molecule has 2 aliphatic heterocycles. The molecular formula is C16H15ClN2O4S2. The van der Waals surface area contributed by atoms with E-state index in [9.17, 15) is 19.5 Å². The number of imide groups is 1. The van der Waals surface area contributed by atoms with Crippen LogP contribution in [0.25, 0.3) is 6.08 Å². The number of amides is 3. The fourth-order valence-electron chi connectivity index (χ4n) is 2.45. The molecule has 1 aromatic rings. The Balaban J connectivity index is 1.67. The summed E-state index contributed by atoms with van der Waals surface area (Å²) in [6, 6.07) is 6.63. The first-order chi connectivity index (χ1) is 12.0. The Bertz CT molecular complexity index is 755. The fraction of sp³-hybridized carbons (Fsp3) is 0.312. The van der Waals surface area contributed by atoms with Gasteiger partial charge in [-0.1, -0.05) is 29.8 Å². The largest absolute Gasteiger partial charge is 0.390 e. The smallest absolute Gasteiger partial charge is 0.294 e. The van der Waals surface area contributed by atoms with Crippen LogP contribution >= 0.6 is 35.1 Å². The van der Waals surface area contributed by atoms with Gasteiger partial charge in [0, 0.05) is 16.5 Å². The standard InChI is InChI=1S/C16H15ClN2O4S2/c17-10-4-2-1-3-9(10)5-13-15(22)19(16(23)25-13)6-14(21)18-11-7-24-8-12(11)20/h1-5,11-12,20H,6-8H2,(H,18,21)/b13-5+/t11-,12+/m1/s1. The third kappa shape index (κ3) is 4.20. The van der Waals surface area contributed by atoms with Gasteiger partial charge < -0.3 is 10.4 Å². The average molecular weight is 399 g/mol. The molecule has 1 aromatic carbocycles. The number of aliphatic hydroxyl groups is 1. The van der Waals surface area contributed by atoms with E-state index in [-0.39, 0.29) is 17.5 Å². The summed E-state index contributed by atoms with van der Waals surface area (Å²) in [5, 5.41) is 12.4. The third-order valence-corrected chi connectivity index (χ3v) is 6.19. The fourth-order valence-corrected chi connectivity index (χ4v) is 4.64. The van der Waals surface area contributed by atoms with Crippen molar-refractivity contribution in [3.05, 3.63) is 39.8 Å². The Labute approximate surface area is 158 Å². The highest BCUT2D eigenvalue weighted by atomic mass is 35.5. The predicted molar refractivity (Wildman–Crippen MR) is 99.4 cm³/mol. The first-order valence-corrected chi connectivity index (χ1v) is 9.85. The summed E-state index contributed by atoms with van der Waals surface area (Å²) in [6.07, 6.45) is 0.937. The van der Waals surface area contributed by atoms with E-state index in [1.807, 2.05) is 0 Å².